The molecule has 6 nitrogen and oxygen atoms in total. The molecule has 0 fully saturated rings. The number of H-pyrrole nitrogens is 1. The Morgan fingerprint density at radius 3 is 2.81 bits per heavy atom. The SMILES string of the molecule is CCc1cnc(C2Cc3ccccc3N2C(=O)Nc2ccccc2N)[nH]1. The molecule has 132 valence electrons. The molecule has 0 spiro atoms. The van der Waals surface area contributed by atoms with E-state index in [0.717, 1.165) is 35.6 Å². The van der Waals surface area contributed by atoms with Crippen LogP contribution in [0, 0.1) is 0 Å². The van der Waals surface area contributed by atoms with Gasteiger partial charge in [0.05, 0.1) is 11.4 Å². The zero-order valence-corrected chi connectivity index (χ0v) is 14.6. The number of para-hydroxylation sites is 3. The molecule has 0 saturated carbocycles. The summed E-state index contributed by atoms with van der Waals surface area (Å²) >= 11 is 0. The molecule has 26 heavy (non-hydrogen) atoms. The molecule has 4 rings (SSSR count). The van der Waals surface area contributed by atoms with Crippen molar-refractivity contribution < 1.29 is 4.79 Å². The summed E-state index contributed by atoms with van der Waals surface area (Å²) in [6, 6.07) is 14.8. The van der Waals surface area contributed by atoms with E-state index in [9.17, 15) is 4.79 Å². The van der Waals surface area contributed by atoms with Crippen molar-refractivity contribution in [1.29, 1.82) is 0 Å². The molecular formula is C20H21N5O. The van der Waals surface area contributed by atoms with Crippen LogP contribution in [-0.4, -0.2) is 16.0 Å². The highest BCUT2D eigenvalue weighted by molar-refractivity contribution is 6.05. The molecule has 2 heterocycles. The first-order chi connectivity index (χ1) is 12.7. The second kappa shape index (κ2) is 6.55. The van der Waals surface area contributed by atoms with Gasteiger partial charge in [-0.1, -0.05) is 37.3 Å². The maximum Gasteiger partial charge on any atom is 0.327 e. The van der Waals surface area contributed by atoms with Crippen LogP contribution >= 0.6 is 0 Å². The maximum atomic E-state index is 13.1. The Morgan fingerprint density at radius 1 is 1.27 bits per heavy atom. The van der Waals surface area contributed by atoms with Crippen LogP contribution < -0.4 is 16.0 Å². The number of nitrogens with two attached hydrogens (primary N) is 1. The van der Waals surface area contributed by atoms with Crippen LogP contribution in [-0.2, 0) is 12.8 Å². The fourth-order valence-electron chi connectivity index (χ4n) is 3.37. The highest BCUT2D eigenvalue weighted by Crippen LogP contribution is 2.39. The molecular weight excluding hydrogens is 326 g/mol. The maximum absolute atomic E-state index is 13.1. The van der Waals surface area contributed by atoms with Crippen LogP contribution in [0.5, 0.6) is 0 Å². The van der Waals surface area contributed by atoms with Crippen molar-refractivity contribution in [2.24, 2.45) is 0 Å². The molecule has 2 aromatic carbocycles. The van der Waals surface area contributed by atoms with Crippen molar-refractivity contribution in [3.8, 4) is 0 Å². The number of amides is 2. The summed E-state index contributed by atoms with van der Waals surface area (Å²) in [5.74, 6) is 0.800. The van der Waals surface area contributed by atoms with E-state index in [1.54, 1.807) is 17.0 Å². The number of aryl methyl sites for hydroxylation is 1. The second-order valence-corrected chi connectivity index (χ2v) is 6.38. The molecule has 0 bridgehead atoms. The average molecular weight is 347 g/mol. The first kappa shape index (κ1) is 16.2. The third-order valence-corrected chi connectivity index (χ3v) is 4.74. The van der Waals surface area contributed by atoms with Crippen molar-refractivity contribution in [2.45, 2.75) is 25.8 Å². The average Bonchev–Trinajstić information content (AvgIpc) is 3.27. The van der Waals surface area contributed by atoms with Crippen LogP contribution in [0.2, 0.25) is 0 Å². The summed E-state index contributed by atoms with van der Waals surface area (Å²) in [5.41, 5.74) is 10.2. The number of fused-ring (bicyclic) bond motifs is 1. The quantitative estimate of drug-likeness (QED) is 0.628. The normalized spacial score (nSPS) is 15.7. The minimum absolute atomic E-state index is 0.169. The molecule has 1 aromatic heterocycles. The molecule has 1 aliphatic rings. The van der Waals surface area contributed by atoms with Gasteiger partial charge >= 0.3 is 6.03 Å². The largest absolute Gasteiger partial charge is 0.397 e. The third-order valence-electron chi connectivity index (χ3n) is 4.74. The number of hydrogen-bond acceptors (Lipinski definition) is 3. The van der Waals surface area contributed by atoms with Crippen LogP contribution in [0.3, 0.4) is 0 Å². The van der Waals surface area contributed by atoms with Crippen molar-refractivity contribution in [2.75, 3.05) is 16.0 Å². The van der Waals surface area contributed by atoms with E-state index in [4.69, 9.17) is 5.73 Å². The van der Waals surface area contributed by atoms with Crippen molar-refractivity contribution in [1.82, 2.24) is 9.97 Å². The Labute approximate surface area is 152 Å². The lowest BCUT2D eigenvalue weighted by molar-refractivity contribution is 0.255. The number of rotatable bonds is 3. The van der Waals surface area contributed by atoms with E-state index in [1.165, 1.54) is 0 Å². The molecule has 1 unspecified atom stereocenters. The van der Waals surface area contributed by atoms with E-state index in [-0.39, 0.29) is 12.1 Å². The number of urea groups is 1. The van der Waals surface area contributed by atoms with Gasteiger partial charge in [0.2, 0.25) is 0 Å². The predicted molar refractivity (Wildman–Crippen MR) is 103 cm³/mol. The summed E-state index contributed by atoms with van der Waals surface area (Å²) < 4.78 is 0. The molecule has 2 amide bonds. The number of benzene rings is 2. The number of nitrogens with zero attached hydrogens (tertiary/aromatic N) is 2. The number of anilines is 3. The summed E-state index contributed by atoms with van der Waals surface area (Å²) in [7, 11) is 0. The van der Waals surface area contributed by atoms with Crippen molar-refractivity contribution >= 4 is 23.1 Å². The van der Waals surface area contributed by atoms with Gasteiger partial charge in [-0.15, -0.1) is 0 Å². The molecule has 1 aliphatic heterocycles. The number of hydrogen-bond donors (Lipinski definition) is 3. The van der Waals surface area contributed by atoms with Gasteiger partial charge in [0, 0.05) is 24.0 Å². The number of aromatic nitrogens is 2. The first-order valence-corrected chi connectivity index (χ1v) is 8.73. The monoisotopic (exact) mass is 347 g/mol. The zero-order valence-electron chi connectivity index (χ0n) is 14.6. The van der Waals surface area contributed by atoms with E-state index >= 15 is 0 Å². The van der Waals surface area contributed by atoms with Gasteiger partial charge in [-0.3, -0.25) is 4.90 Å². The minimum atomic E-state index is -0.215. The Bertz CT molecular complexity index is 949. The Hall–Kier alpha value is -3.28. The number of nitrogens with one attached hydrogen (secondary N) is 2. The van der Waals surface area contributed by atoms with Crippen LogP contribution in [0.4, 0.5) is 21.9 Å². The Kier molecular flexibility index (Phi) is 4.08. The van der Waals surface area contributed by atoms with Crippen LogP contribution in [0.15, 0.2) is 54.7 Å². The van der Waals surface area contributed by atoms with Gasteiger partial charge in [-0.25, -0.2) is 9.78 Å². The molecule has 6 heteroatoms. The molecule has 0 aliphatic carbocycles. The highest BCUT2D eigenvalue weighted by atomic mass is 16.2. The van der Waals surface area contributed by atoms with E-state index < -0.39 is 0 Å². The summed E-state index contributed by atoms with van der Waals surface area (Å²) in [6.45, 7) is 2.07. The van der Waals surface area contributed by atoms with E-state index in [1.807, 2.05) is 36.5 Å². The highest BCUT2D eigenvalue weighted by Gasteiger charge is 2.36. The first-order valence-electron chi connectivity index (χ1n) is 8.73. The fraction of sp³-hybridized carbons (Fsp3) is 0.200. The minimum Gasteiger partial charge on any atom is -0.397 e. The van der Waals surface area contributed by atoms with E-state index in [0.29, 0.717) is 11.4 Å². The van der Waals surface area contributed by atoms with Gasteiger partial charge in [-0.05, 0) is 30.2 Å². The van der Waals surface area contributed by atoms with Crippen LogP contribution in [0.25, 0.3) is 0 Å². The molecule has 0 radical (unpaired) electrons. The van der Waals surface area contributed by atoms with Gasteiger partial charge < -0.3 is 16.0 Å². The predicted octanol–water partition coefficient (Wildman–Crippen LogP) is 3.89. The van der Waals surface area contributed by atoms with E-state index in [2.05, 4.69) is 28.3 Å². The second-order valence-electron chi connectivity index (χ2n) is 6.38. The third kappa shape index (κ3) is 2.79. The molecule has 1 atom stereocenters. The van der Waals surface area contributed by atoms with Gasteiger partial charge in [0.25, 0.3) is 0 Å². The number of carbonyl (C=O) groups is 1. The molecule has 0 saturated heterocycles. The number of nitrogen functional groups attached to an aromatic ring is 1. The molecule has 3 aromatic rings. The topological polar surface area (TPSA) is 87.0 Å². The number of aromatic amines is 1. The number of imidazole rings is 1. The smallest absolute Gasteiger partial charge is 0.327 e. The summed E-state index contributed by atoms with van der Waals surface area (Å²) in [4.78, 5) is 22.7. The van der Waals surface area contributed by atoms with Gasteiger partial charge in [-0.2, -0.15) is 0 Å². The zero-order chi connectivity index (χ0) is 18.1. The molecule has 4 N–H and O–H groups in total. The lowest BCUT2D eigenvalue weighted by Gasteiger charge is -2.25. The van der Waals surface area contributed by atoms with Crippen molar-refractivity contribution in [3.63, 3.8) is 0 Å². The van der Waals surface area contributed by atoms with Gasteiger partial charge in [0.1, 0.15) is 11.9 Å². The fourth-order valence-corrected chi connectivity index (χ4v) is 3.37. The summed E-state index contributed by atoms with van der Waals surface area (Å²) in [6.07, 6.45) is 3.44. The Morgan fingerprint density at radius 2 is 2.04 bits per heavy atom. The summed E-state index contributed by atoms with van der Waals surface area (Å²) in [5, 5.41) is 2.93. The van der Waals surface area contributed by atoms with Crippen molar-refractivity contribution in [3.05, 3.63) is 71.8 Å². The standard InChI is InChI=1S/C20H21N5O/c1-2-14-12-22-19(23-14)18-11-13-7-3-6-10-17(13)25(18)20(26)24-16-9-5-4-8-15(16)21/h3-10,12,18H,2,11,21H2,1H3,(H,22,23)(H,24,26). The lowest BCUT2D eigenvalue weighted by Crippen LogP contribution is -2.36. The number of carbonyl (C=O) groups excluding carboxylic acids is 1. The van der Waals surface area contributed by atoms with Crippen LogP contribution in [0.1, 0.15) is 30.0 Å². The van der Waals surface area contributed by atoms with Gasteiger partial charge in [0.15, 0.2) is 0 Å². The Balaban J connectivity index is 1.69. The lowest BCUT2D eigenvalue weighted by atomic mass is 10.1.